The Balaban J connectivity index is 1.37. The lowest BCUT2D eigenvalue weighted by molar-refractivity contribution is -0.277. The molecule has 1 fully saturated rings. The Morgan fingerprint density at radius 3 is 2.41 bits per heavy atom. The molecule has 0 unspecified atom stereocenters. The summed E-state index contributed by atoms with van der Waals surface area (Å²) in [5, 5.41) is 44.8. The highest BCUT2D eigenvalue weighted by molar-refractivity contribution is 9.10. The summed E-state index contributed by atoms with van der Waals surface area (Å²) in [6.45, 7) is -0.580. The Hall–Kier alpha value is -3.84. The first-order chi connectivity index (χ1) is 19.8. The number of rotatable bonds is 6. The minimum absolute atomic E-state index is 0.185. The van der Waals surface area contributed by atoms with E-state index < -0.39 is 37.3 Å². The van der Waals surface area contributed by atoms with Crippen molar-refractivity contribution in [2.75, 3.05) is 6.61 Å². The molecule has 10 nitrogen and oxygen atoms in total. The third-order valence-electron chi connectivity index (χ3n) is 6.97. The number of ether oxygens (including phenoxy) is 2. The summed E-state index contributed by atoms with van der Waals surface area (Å²) < 4.78 is 19.6. The Kier molecular flexibility index (Phi) is 7.47. The number of benzene rings is 3. The van der Waals surface area contributed by atoms with Gasteiger partial charge in [0.05, 0.1) is 34.6 Å². The highest BCUT2D eigenvalue weighted by Gasteiger charge is 2.44. The Morgan fingerprint density at radius 1 is 0.927 bits per heavy atom. The van der Waals surface area contributed by atoms with Gasteiger partial charge in [0.25, 0.3) is 0 Å². The van der Waals surface area contributed by atoms with Gasteiger partial charge in [0.15, 0.2) is 0 Å². The van der Waals surface area contributed by atoms with Crippen molar-refractivity contribution in [3.8, 4) is 34.0 Å². The van der Waals surface area contributed by atoms with Crippen LogP contribution in [0.3, 0.4) is 0 Å². The van der Waals surface area contributed by atoms with Gasteiger partial charge in [-0.05, 0) is 42.5 Å². The van der Waals surface area contributed by atoms with Crippen LogP contribution in [0.15, 0.2) is 98.8 Å². The fourth-order valence-electron chi connectivity index (χ4n) is 4.76. The molecule has 6 rings (SSSR count). The van der Waals surface area contributed by atoms with Crippen LogP contribution in [0.25, 0.3) is 39.2 Å². The van der Waals surface area contributed by atoms with Crippen molar-refractivity contribution in [1.29, 1.82) is 0 Å². The molecule has 3 heterocycles. The average molecular weight is 621 g/mol. The number of para-hydroxylation sites is 1. The third-order valence-corrected chi connectivity index (χ3v) is 7.50. The van der Waals surface area contributed by atoms with Crippen LogP contribution in [0.5, 0.6) is 5.75 Å². The van der Waals surface area contributed by atoms with Gasteiger partial charge in [-0.3, -0.25) is 4.79 Å². The van der Waals surface area contributed by atoms with Crippen LogP contribution >= 0.6 is 15.9 Å². The zero-order chi connectivity index (χ0) is 28.7. The fraction of sp³-hybridized carbons (Fsp3) is 0.200. The van der Waals surface area contributed by atoms with Crippen LogP contribution < -0.4 is 10.2 Å². The molecule has 0 aliphatic carbocycles. The lowest BCUT2D eigenvalue weighted by Gasteiger charge is -2.39. The highest BCUT2D eigenvalue weighted by Crippen LogP contribution is 2.31. The molecule has 0 amide bonds. The second-order valence-electron chi connectivity index (χ2n) is 9.62. The summed E-state index contributed by atoms with van der Waals surface area (Å²) in [5.41, 5.74) is 3.12. The molecule has 5 atom stereocenters. The van der Waals surface area contributed by atoms with E-state index in [9.17, 15) is 25.2 Å². The fourth-order valence-corrected chi connectivity index (χ4v) is 5.02. The lowest BCUT2D eigenvalue weighted by atomic mass is 9.99. The molecule has 1 aliphatic rings. The SMILES string of the molecule is O=c1c(-c2cc(-c3ccc(Br)cc3)nn2-c2ccccc2)coc2cc(O[C@@H]3O[C@H](CO)[C@@H](O)[C@H](O)[C@H]3O)ccc12. The van der Waals surface area contributed by atoms with Crippen molar-refractivity contribution < 1.29 is 34.3 Å². The number of aromatic nitrogens is 2. The predicted molar refractivity (Wildman–Crippen MR) is 153 cm³/mol. The van der Waals surface area contributed by atoms with Crippen molar-refractivity contribution in [2.24, 2.45) is 0 Å². The van der Waals surface area contributed by atoms with Gasteiger partial charge in [-0.1, -0.05) is 46.3 Å². The van der Waals surface area contributed by atoms with Crippen LogP contribution in [0, 0.1) is 0 Å². The van der Waals surface area contributed by atoms with E-state index in [4.69, 9.17) is 19.0 Å². The quantitative estimate of drug-likeness (QED) is 0.224. The molecule has 0 spiro atoms. The maximum Gasteiger partial charge on any atom is 0.229 e. The Morgan fingerprint density at radius 2 is 1.68 bits per heavy atom. The molecule has 0 bridgehead atoms. The molecule has 3 aromatic carbocycles. The Bertz CT molecular complexity index is 1740. The van der Waals surface area contributed by atoms with Gasteiger partial charge in [0.2, 0.25) is 11.7 Å². The molecule has 2 aromatic heterocycles. The molecular formula is C30H25BrN2O8. The van der Waals surface area contributed by atoms with Gasteiger partial charge >= 0.3 is 0 Å². The van der Waals surface area contributed by atoms with Gasteiger partial charge in [0.1, 0.15) is 42.0 Å². The molecule has 11 heteroatoms. The summed E-state index contributed by atoms with van der Waals surface area (Å²) in [7, 11) is 0. The highest BCUT2D eigenvalue weighted by atomic mass is 79.9. The topological polar surface area (TPSA) is 147 Å². The van der Waals surface area contributed by atoms with Crippen LogP contribution in [0.2, 0.25) is 0 Å². The van der Waals surface area contributed by atoms with Crippen LogP contribution in [-0.4, -0.2) is 67.5 Å². The van der Waals surface area contributed by atoms with Gasteiger partial charge < -0.3 is 34.3 Å². The molecule has 41 heavy (non-hydrogen) atoms. The van der Waals surface area contributed by atoms with Crippen molar-refractivity contribution in [1.82, 2.24) is 9.78 Å². The number of halogens is 1. The molecule has 1 saturated heterocycles. The molecule has 0 radical (unpaired) electrons. The Labute approximate surface area is 241 Å². The zero-order valence-corrected chi connectivity index (χ0v) is 23.0. The monoisotopic (exact) mass is 620 g/mol. The number of nitrogens with zero attached hydrogens (tertiary/aromatic N) is 2. The summed E-state index contributed by atoms with van der Waals surface area (Å²) in [6, 6.07) is 23.5. The van der Waals surface area contributed by atoms with Crippen molar-refractivity contribution >= 4 is 26.9 Å². The molecular weight excluding hydrogens is 596 g/mol. The maximum absolute atomic E-state index is 13.7. The summed E-state index contributed by atoms with van der Waals surface area (Å²) in [5.74, 6) is 0.185. The maximum atomic E-state index is 13.7. The van der Waals surface area contributed by atoms with E-state index in [0.717, 1.165) is 15.7 Å². The first-order valence-electron chi connectivity index (χ1n) is 12.8. The van der Waals surface area contributed by atoms with E-state index in [1.807, 2.05) is 60.7 Å². The van der Waals surface area contributed by atoms with Gasteiger partial charge in [-0.25, -0.2) is 4.68 Å². The molecule has 4 N–H and O–H groups in total. The summed E-state index contributed by atoms with van der Waals surface area (Å²) >= 11 is 3.45. The lowest BCUT2D eigenvalue weighted by Crippen LogP contribution is -2.60. The van der Waals surface area contributed by atoms with Crippen LogP contribution in [0.1, 0.15) is 0 Å². The summed E-state index contributed by atoms with van der Waals surface area (Å²) in [6.07, 6.45) is -5.78. The predicted octanol–water partition coefficient (Wildman–Crippen LogP) is 3.25. The van der Waals surface area contributed by atoms with E-state index in [-0.39, 0.29) is 22.1 Å². The van der Waals surface area contributed by atoms with E-state index in [1.165, 1.54) is 24.5 Å². The first-order valence-corrected chi connectivity index (χ1v) is 13.6. The van der Waals surface area contributed by atoms with E-state index in [1.54, 1.807) is 4.68 Å². The van der Waals surface area contributed by atoms with Crippen molar-refractivity contribution in [3.63, 3.8) is 0 Å². The number of aliphatic hydroxyl groups is 4. The number of hydrogen-bond donors (Lipinski definition) is 4. The smallest absolute Gasteiger partial charge is 0.229 e. The number of hydrogen-bond acceptors (Lipinski definition) is 9. The third kappa shape index (κ3) is 5.19. The normalized spacial score (nSPS) is 22.6. The van der Waals surface area contributed by atoms with Crippen molar-refractivity contribution in [2.45, 2.75) is 30.7 Å². The van der Waals surface area contributed by atoms with E-state index in [2.05, 4.69) is 15.9 Å². The largest absolute Gasteiger partial charge is 0.463 e. The molecule has 0 saturated carbocycles. The summed E-state index contributed by atoms with van der Waals surface area (Å²) in [4.78, 5) is 13.7. The average Bonchev–Trinajstić information content (AvgIpc) is 3.43. The minimum Gasteiger partial charge on any atom is -0.463 e. The van der Waals surface area contributed by atoms with Gasteiger partial charge in [-0.2, -0.15) is 5.10 Å². The standard InChI is InChI=1S/C30H25BrN2O8/c31-17-8-6-16(7-9-17)22-13-23(33(32-22)18-4-2-1-3-5-18)21-15-39-24-12-19(10-11-20(24)26(21)35)40-30-29(38)28(37)27(36)25(14-34)41-30/h1-13,15,25,27-30,34,36-38H,14H2/t25-,27-,28+,29-,30-/m1/s1. The zero-order valence-electron chi connectivity index (χ0n) is 21.4. The van der Waals surface area contributed by atoms with Gasteiger partial charge in [0, 0.05) is 16.1 Å². The van der Waals surface area contributed by atoms with E-state index in [0.29, 0.717) is 17.0 Å². The second kappa shape index (κ2) is 11.2. The molecule has 210 valence electrons. The minimum atomic E-state index is -1.58. The molecule has 1 aliphatic heterocycles. The number of fused-ring (bicyclic) bond motifs is 1. The first kappa shape index (κ1) is 27.3. The van der Waals surface area contributed by atoms with E-state index >= 15 is 0 Å². The van der Waals surface area contributed by atoms with Crippen LogP contribution in [0.4, 0.5) is 0 Å². The molecule has 5 aromatic rings. The van der Waals surface area contributed by atoms with Gasteiger partial charge in [-0.15, -0.1) is 0 Å². The van der Waals surface area contributed by atoms with Crippen molar-refractivity contribution in [3.05, 3.63) is 99.8 Å². The second-order valence-corrected chi connectivity index (χ2v) is 10.5. The van der Waals surface area contributed by atoms with Crippen LogP contribution in [-0.2, 0) is 4.74 Å². The number of aliphatic hydroxyl groups excluding tert-OH is 4.